The van der Waals surface area contributed by atoms with Crippen LogP contribution in [0, 0.1) is 0 Å². The lowest BCUT2D eigenvalue weighted by atomic mass is 10.1. The number of fused-ring (bicyclic) bond motifs is 1. The summed E-state index contributed by atoms with van der Waals surface area (Å²) >= 11 is 2.05. The van der Waals surface area contributed by atoms with Crippen molar-refractivity contribution in [2.45, 2.75) is 77.6 Å². The normalized spacial score (nSPS) is 10.9. The third kappa shape index (κ3) is 6.68. The van der Waals surface area contributed by atoms with Gasteiger partial charge in [-0.2, -0.15) is 0 Å². The summed E-state index contributed by atoms with van der Waals surface area (Å²) in [6.45, 7) is 5.70. The van der Waals surface area contributed by atoms with Crippen molar-refractivity contribution >= 4 is 22.8 Å². The zero-order chi connectivity index (χ0) is 16.3. The quantitative estimate of drug-likeness (QED) is 0.413. The van der Waals surface area contributed by atoms with Gasteiger partial charge in [-0.25, -0.2) is 9.13 Å². The molecule has 136 valence electrons. The van der Waals surface area contributed by atoms with Crippen LogP contribution in [-0.2, 0) is 12.4 Å². The molecule has 0 saturated heterocycles. The van der Waals surface area contributed by atoms with Crippen LogP contribution in [-0.4, -0.2) is 10.3 Å². The lowest BCUT2D eigenvalue weighted by Gasteiger charge is -1.99. The Kier molecular flexibility index (Phi) is 11.3. The molecule has 0 aliphatic heterocycles. The van der Waals surface area contributed by atoms with Gasteiger partial charge in [0.25, 0.3) is 0 Å². The SMILES string of the molecule is CCCCCCCCn1c[n+](CSCCCC)c2ccccc21.[Cl-]. The number of para-hydroxylation sites is 2. The molecule has 0 unspecified atom stereocenters. The number of hydrogen-bond acceptors (Lipinski definition) is 1. The Morgan fingerprint density at radius 2 is 1.62 bits per heavy atom. The number of aromatic nitrogens is 2. The second-order valence-corrected chi connectivity index (χ2v) is 7.50. The minimum atomic E-state index is 0. The molecule has 24 heavy (non-hydrogen) atoms. The van der Waals surface area contributed by atoms with E-state index < -0.39 is 0 Å². The fourth-order valence-corrected chi connectivity index (χ4v) is 4.02. The van der Waals surface area contributed by atoms with Gasteiger partial charge in [0.05, 0.1) is 6.54 Å². The largest absolute Gasteiger partial charge is 1.00 e. The summed E-state index contributed by atoms with van der Waals surface area (Å²) in [6.07, 6.45) is 13.1. The third-order valence-electron chi connectivity index (χ3n) is 4.40. The van der Waals surface area contributed by atoms with Crippen molar-refractivity contribution in [1.29, 1.82) is 0 Å². The first kappa shape index (κ1) is 21.4. The highest BCUT2D eigenvalue weighted by molar-refractivity contribution is 7.98. The summed E-state index contributed by atoms with van der Waals surface area (Å²) in [5.41, 5.74) is 2.76. The average molecular weight is 369 g/mol. The molecule has 0 bridgehead atoms. The van der Waals surface area contributed by atoms with E-state index in [1.54, 1.807) is 0 Å². The lowest BCUT2D eigenvalue weighted by Crippen LogP contribution is -3.00. The Morgan fingerprint density at radius 3 is 2.42 bits per heavy atom. The highest BCUT2D eigenvalue weighted by Crippen LogP contribution is 2.15. The van der Waals surface area contributed by atoms with Crippen LogP contribution in [0.3, 0.4) is 0 Å². The van der Waals surface area contributed by atoms with Crippen LogP contribution in [0.4, 0.5) is 0 Å². The summed E-state index contributed by atoms with van der Waals surface area (Å²) in [5, 5.41) is 0. The Balaban J connectivity index is 0.00000288. The van der Waals surface area contributed by atoms with E-state index in [0.717, 1.165) is 12.4 Å². The molecule has 0 radical (unpaired) electrons. The van der Waals surface area contributed by atoms with E-state index in [1.165, 1.54) is 68.2 Å². The maximum atomic E-state index is 2.45. The summed E-state index contributed by atoms with van der Waals surface area (Å²) in [7, 11) is 0. The number of halogens is 1. The molecule has 2 aromatic rings. The highest BCUT2D eigenvalue weighted by atomic mass is 35.5. The zero-order valence-electron chi connectivity index (χ0n) is 15.3. The maximum Gasteiger partial charge on any atom is 0.245 e. The van der Waals surface area contributed by atoms with Crippen molar-refractivity contribution in [1.82, 2.24) is 4.57 Å². The number of benzene rings is 1. The maximum absolute atomic E-state index is 2.45. The monoisotopic (exact) mass is 368 g/mol. The van der Waals surface area contributed by atoms with E-state index in [4.69, 9.17) is 0 Å². The summed E-state index contributed by atoms with van der Waals surface area (Å²) in [6, 6.07) is 8.84. The van der Waals surface area contributed by atoms with Gasteiger partial charge in [0.15, 0.2) is 11.0 Å². The first-order chi connectivity index (χ1) is 11.4. The fraction of sp³-hybridized carbons (Fsp3) is 0.650. The van der Waals surface area contributed by atoms with E-state index in [9.17, 15) is 0 Å². The molecule has 0 saturated carbocycles. The second-order valence-electron chi connectivity index (χ2n) is 6.43. The number of rotatable bonds is 12. The van der Waals surface area contributed by atoms with Gasteiger partial charge >= 0.3 is 0 Å². The first-order valence-electron chi connectivity index (χ1n) is 9.41. The van der Waals surface area contributed by atoms with Gasteiger partial charge < -0.3 is 12.4 Å². The van der Waals surface area contributed by atoms with Crippen molar-refractivity contribution in [2.75, 3.05) is 5.75 Å². The molecular weight excluding hydrogens is 336 g/mol. The molecule has 0 amide bonds. The number of nitrogens with zero attached hydrogens (tertiary/aromatic N) is 2. The van der Waals surface area contributed by atoms with Gasteiger partial charge in [0.1, 0.15) is 5.88 Å². The molecule has 0 spiro atoms. The van der Waals surface area contributed by atoms with Crippen LogP contribution < -0.4 is 17.0 Å². The molecule has 1 heterocycles. The topological polar surface area (TPSA) is 8.81 Å². The standard InChI is InChI=1S/C20H33N2S.ClH/c1-3-5-7-8-9-12-15-21-17-22(18-23-16-6-4-2)20-14-11-10-13-19(20)21;/h10-11,13-14,17H,3-9,12,15-16,18H2,1-2H3;1H/q+1;/p-1. The van der Waals surface area contributed by atoms with Crippen molar-refractivity contribution in [3.63, 3.8) is 0 Å². The molecule has 0 atom stereocenters. The Bertz CT molecular complexity index is 568. The van der Waals surface area contributed by atoms with Gasteiger partial charge in [-0.15, -0.1) is 11.8 Å². The second kappa shape index (κ2) is 12.7. The van der Waals surface area contributed by atoms with Crippen LogP contribution in [0.2, 0.25) is 0 Å². The van der Waals surface area contributed by atoms with E-state index in [-0.39, 0.29) is 12.4 Å². The molecule has 0 N–H and O–H groups in total. The van der Waals surface area contributed by atoms with Crippen LogP contribution >= 0.6 is 11.8 Å². The Labute approximate surface area is 158 Å². The van der Waals surface area contributed by atoms with Crippen LogP contribution in [0.1, 0.15) is 65.2 Å². The molecule has 2 rings (SSSR count). The first-order valence-corrected chi connectivity index (χ1v) is 10.6. The van der Waals surface area contributed by atoms with Gasteiger partial charge in [-0.3, -0.25) is 0 Å². The average Bonchev–Trinajstić information content (AvgIpc) is 2.93. The highest BCUT2D eigenvalue weighted by Gasteiger charge is 2.14. The number of imidazole rings is 1. The molecule has 1 aromatic carbocycles. The summed E-state index contributed by atoms with van der Waals surface area (Å²) < 4.78 is 4.88. The van der Waals surface area contributed by atoms with Gasteiger partial charge in [-0.05, 0) is 37.1 Å². The van der Waals surface area contributed by atoms with Crippen LogP contribution in [0.25, 0.3) is 11.0 Å². The molecule has 0 aliphatic carbocycles. The molecule has 0 fully saturated rings. The predicted molar refractivity (Wildman–Crippen MR) is 103 cm³/mol. The Hall–Kier alpha value is -0.670. The lowest BCUT2D eigenvalue weighted by molar-refractivity contribution is -0.650. The van der Waals surface area contributed by atoms with Crippen molar-refractivity contribution in [3.05, 3.63) is 30.6 Å². The van der Waals surface area contributed by atoms with Crippen molar-refractivity contribution in [2.24, 2.45) is 0 Å². The van der Waals surface area contributed by atoms with Gasteiger partial charge in [0, 0.05) is 0 Å². The Morgan fingerprint density at radius 1 is 0.917 bits per heavy atom. The van der Waals surface area contributed by atoms with Crippen LogP contribution in [0.5, 0.6) is 0 Å². The fourth-order valence-electron chi connectivity index (χ4n) is 3.00. The van der Waals surface area contributed by atoms with Crippen molar-refractivity contribution in [3.8, 4) is 0 Å². The van der Waals surface area contributed by atoms with E-state index >= 15 is 0 Å². The zero-order valence-corrected chi connectivity index (χ0v) is 16.9. The number of thioether (sulfide) groups is 1. The van der Waals surface area contributed by atoms with E-state index in [0.29, 0.717) is 0 Å². The van der Waals surface area contributed by atoms with E-state index in [2.05, 4.69) is 53.6 Å². The predicted octanol–water partition coefficient (Wildman–Crippen LogP) is 2.78. The minimum absolute atomic E-state index is 0. The molecule has 4 heteroatoms. The molecule has 0 aliphatic rings. The van der Waals surface area contributed by atoms with Gasteiger partial charge in [0.2, 0.25) is 6.33 Å². The van der Waals surface area contributed by atoms with E-state index in [1.807, 2.05) is 11.8 Å². The van der Waals surface area contributed by atoms with Gasteiger partial charge in [-0.1, -0.05) is 58.1 Å². The van der Waals surface area contributed by atoms with Crippen molar-refractivity contribution < 1.29 is 17.0 Å². The number of unbranched alkanes of at least 4 members (excludes halogenated alkanes) is 6. The molecular formula is C20H33ClN2S. The summed E-state index contributed by atoms with van der Waals surface area (Å²) in [5.74, 6) is 2.34. The number of hydrogen-bond donors (Lipinski definition) is 0. The third-order valence-corrected chi connectivity index (χ3v) is 5.44. The smallest absolute Gasteiger partial charge is 0.245 e. The molecule has 1 aromatic heterocycles. The minimum Gasteiger partial charge on any atom is -1.00 e. The number of aryl methyl sites for hydroxylation is 1. The molecule has 2 nitrogen and oxygen atoms in total. The van der Waals surface area contributed by atoms with Crippen LogP contribution in [0.15, 0.2) is 30.6 Å². The summed E-state index contributed by atoms with van der Waals surface area (Å²) in [4.78, 5) is 0.